The van der Waals surface area contributed by atoms with Crippen LogP contribution in [0.5, 0.6) is 0 Å². The molecule has 0 radical (unpaired) electrons. The van der Waals surface area contributed by atoms with Crippen molar-refractivity contribution in [1.82, 2.24) is 10.2 Å². The van der Waals surface area contributed by atoms with Gasteiger partial charge in [0.1, 0.15) is 0 Å². The predicted molar refractivity (Wildman–Crippen MR) is 86.6 cm³/mol. The number of nitrogens with zero attached hydrogens (tertiary/aromatic N) is 1. The van der Waals surface area contributed by atoms with E-state index in [1.165, 1.54) is 30.6 Å². The minimum Gasteiger partial charge on any atom is -0.310 e. The predicted octanol–water partition coefficient (Wildman–Crippen LogP) is 3.66. The Kier molecular flexibility index (Phi) is 5.62. The Hall–Kier alpha value is -0.860. The Balaban J connectivity index is 1.82. The third kappa shape index (κ3) is 4.60. The van der Waals surface area contributed by atoms with Crippen molar-refractivity contribution in [3.8, 4) is 0 Å². The van der Waals surface area contributed by atoms with Crippen molar-refractivity contribution in [1.29, 1.82) is 0 Å². The number of likely N-dealkylation sites (tertiary alicyclic amines) is 1. The Morgan fingerprint density at radius 2 is 1.75 bits per heavy atom. The topological polar surface area (TPSA) is 15.3 Å². The van der Waals surface area contributed by atoms with Crippen LogP contribution >= 0.6 is 0 Å². The molecule has 2 nitrogen and oxygen atoms in total. The van der Waals surface area contributed by atoms with Gasteiger partial charge in [0.25, 0.3) is 0 Å². The Morgan fingerprint density at radius 1 is 1.10 bits per heavy atom. The summed E-state index contributed by atoms with van der Waals surface area (Å²) >= 11 is 0. The fraction of sp³-hybridized carbons (Fsp3) is 0.667. The van der Waals surface area contributed by atoms with E-state index in [2.05, 4.69) is 62.2 Å². The number of rotatable bonds is 6. The van der Waals surface area contributed by atoms with Gasteiger partial charge in [-0.25, -0.2) is 0 Å². The molecule has 112 valence electrons. The standard InChI is InChI=1S/C18H30N2/c1-14(2)18-9-10-20(13-18)12-17-7-5-16(6-8-17)11-19-15(3)4/h5-8,14-15,18-19H,9-13H2,1-4H3. The second kappa shape index (κ2) is 7.24. The van der Waals surface area contributed by atoms with E-state index in [0.29, 0.717) is 6.04 Å². The fourth-order valence-electron chi connectivity index (χ4n) is 2.89. The maximum atomic E-state index is 3.46. The van der Waals surface area contributed by atoms with Crippen LogP contribution in [0.2, 0.25) is 0 Å². The van der Waals surface area contributed by atoms with Gasteiger partial charge in [0.15, 0.2) is 0 Å². The highest BCUT2D eigenvalue weighted by Gasteiger charge is 2.24. The molecule has 1 fully saturated rings. The molecular formula is C18H30N2. The number of hydrogen-bond donors (Lipinski definition) is 1. The molecule has 1 aromatic carbocycles. The van der Waals surface area contributed by atoms with Gasteiger partial charge >= 0.3 is 0 Å². The maximum Gasteiger partial charge on any atom is 0.0233 e. The average Bonchev–Trinajstić information content (AvgIpc) is 2.86. The summed E-state index contributed by atoms with van der Waals surface area (Å²) in [6.45, 7) is 13.7. The summed E-state index contributed by atoms with van der Waals surface area (Å²) in [6.07, 6.45) is 1.37. The highest BCUT2D eigenvalue weighted by Crippen LogP contribution is 2.24. The summed E-state index contributed by atoms with van der Waals surface area (Å²) in [5.74, 6) is 1.72. The van der Waals surface area contributed by atoms with Gasteiger partial charge in [0, 0.05) is 25.7 Å². The molecule has 1 saturated heterocycles. The first kappa shape index (κ1) is 15.5. The second-order valence-electron chi connectivity index (χ2n) is 6.88. The quantitative estimate of drug-likeness (QED) is 0.851. The molecule has 1 aliphatic rings. The summed E-state index contributed by atoms with van der Waals surface area (Å²) in [5.41, 5.74) is 2.83. The number of hydrogen-bond acceptors (Lipinski definition) is 2. The molecule has 0 spiro atoms. The Labute approximate surface area is 124 Å². The summed E-state index contributed by atoms with van der Waals surface area (Å²) in [4.78, 5) is 2.60. The number of nitrogens with one attached hydrogen (secondary N) is 1. The van der Waals surface area contributed by atoms with Gasteiger partial charge in [-0.15, -0.1) is 0 Å². The largest absolute Gasteiger partial charge is 0.310 e. The van der Waals surface area contributed by atoms with Crippen LogP contribution in [-0.4, -0.2) is 24.0 Å². The molecule has 1 unspecified atom stereocenters. The van der Waals surface area contributed by atoms with E-state index >= 15 is 0 Å². The molecule has 1 heterocycles. The van der Waals surface area contributed by atoms with Gasteiger partial charge in [-0.1, -0.05) is 52.0 Å². The van der Waals surface area contributed by atoms with Crippen molar-refractivity contribution in [3.63, 3.8) is 0 Å². The monoisotopic (exact) mass is 274 g/mol. The highest BCUT2D eigenvalue weighted by molar-refractivity contribution is 5.22. The first-order valence-electron chi connectivity index (χ1n) is 8.08. The van der Waals surface area contributed by atoms with E-state index in [0.717, 1.165) is 24.9 Å². The lowest BCUT2D eigenvalue weighted by Crippen LogP contribution is -2.22. The molecule has 20 heavy (non-hydrogen) atoms. The van der Waals surface area contributed by atoms with Gasteiger partial charge in [-0.05, 0) is 35.9 Å². The highest BCUT2D eigenvalue weighted by atomic mass is 15.1. The molecule has 0 amide bonds. The van der Waals surface area contributed by atoms with E-state index < -0.39 is 0 Å². The molecule has 0 aliphatic carbocycles. The van der Waals surface area contributed by atoms with Crippen LogP contribution in [0.15, 0.2) is 24.3 Å². The smallest absolute Gasteiger partial charge is 0.0233 e. The van der Waals surface area contributed by atoms with Crippen molar-refractivity contribution >= 4 is 0 Å². The van der Waals surface area contributed by atoms with Crippen LogP contribution in [0.25, 0.3) is 0 Å². The Morgan fingerprint density at radius 3 is 2.30 bits per heavy atom. The van der Waals surface area contributed by atoms with E-state index in [1.54, 1.807) is 0 Å². The molecule has 1 aliphatic heterocycles. The Bertz CT molecular complexity index is 394. The summed E-state index contributed by atoms with van der Waals surface area (Å²) in [7, 11) is 0. The van der Waals surface area contributed by atoms with Crippen molar-refractivity contribution in [2.45, 2.75) is 53.2 Å². The molecule has 2 heteroatoms. The maximum absolute atomic E-state index is 3.46. The summed E-state index contributed by atoms with van der Waals surface area (Å²) < 4.78 is 0. The first-order valence-corrected chi connectivity index (χ1v) is 8.08. The van der Waals surface area contributed by atoms with Crippen LogP contribution in [0, 0.1) is 11.8 Å². The zero-order valence-corrected chi connectivity index (χ0v) is 13.5. The lowest BCUT2D eigenvalue weighted by molar-refractivity contribution is 0.297. The number of benzene rings is 1. The van der Waals surface area contributed by atoms with Gasteiger partial charge in [-0.2, -0.15) is 0 Å². The van der Waals surface area contributed by atoms with Gasteiger partial charge in [0.2, 0.25) is 0 Å². The van der Waals surface area contributed by atoms with Crippen molar-refractivity contribution in [2.24, 2.45) is 11.8 Å². The van der Waals surface area contributed by atoms with Crippen LogP contribution in [0.3, 0.4) is 0 Å². The fourth-order valence-corrected chi connectivity index (χ4v) is 2.89. The van der Waals surface area contributed by atoms with Gasteiger partial charge in [-0.3, -0.25) is 4.90 Å². The molecule has 0 saturated carbocycles. The first-order chi connectivity index (χ1) is 9.54. The van der Waals surface area contributed by atoms with Crippen LogP contribution < -0.4 is 5.32 Å². The minimum atomic E-state index is 0.548. The lowest BCUT2D eigenvalue weighted by Gasteiger charge is -2.18. The second-order valence-corrected chi connectivity index (χ2v) is 6.88. The van der Waals surface area contributed by atoms with Crippen molar-refractivity contribution < 1.29 is 0 Å². The van der Waals surface area contributed by atoms with E-state index in [9.17, 15) is 0 Å². The zero-order valence-electron chi connectivity index (χ0n) is 13.5. The molecule has 1 aromatic rings. The third-order valence-corrected chi connectivity index (χ3v) is 4.40. The zero-order chi connectivity index (χ0) is 14.5. The average molecular weight is 274 g/mol. The molecule has 1 N–H and O–H groups in total. The lowest BCUT2D eigenvalue weighted by atomic mass is 9.95. The molecule has 1 atom stereocenters. The van der Waals surface area contributed by atoms with Crippen LogP contribution in [0.4, 0.5) is 0 Å². The van der Waals surface area contributed by atoms with E-state index in [-0.39, 0.29) is 0 Å². The molecular weight excluding hydrogens is 244 g/mol. The summed E-state index contributed by atoms with van der Waals surface area (Å²) in [5, 5.41) is 3.46. The van der Waals surface area contributed by atoms with Crippen molar-refractivity contribution in [2.75, 3.05) is 13.1 Å². The van der Waals surface area contributed by atoms with Gasteiger partial charge in [0.05, 0.1) is 0 Å². The molecule has 0 bridgehead atoms. The minimum absolute atomic E-state index is 0.548. The van der Waals surface area contributed by atoms with E-state index in [1.807, 2.05) is 0 Å². The van der Waals surface area contributed by atoms with Crippen LogP contribution in [0.1, 0.15) is 45.2 Å². The summed E-state index contributed by atoms with van der Waals surface area (Å²) in [6, 6.07) is 9.66. The SMILES string of the molecule is CC(C)NCc1ccc(CN2CCC(C(C)C)C2)cc1. The van der Waals surface area contributed by atoms with Crippen molar-refractivity contribution in [3.05, 3.63) is 35.4 Å². The van der Waals surface area contributed by atoms with Gasteiger partial charge < -0.3 is 5.32 Å². The molecule has 2 rings (SSSR count). The molecule has 0 aromatic heterocycles. The third-order valence-electron chi connectivity index (χ3n) is 4.40. The van der Waals surface area contributed by atoms with Crippen LogP contribution in [-0.2, 0) is 13.1 Å². The van der Waals surface area contributed by atoms with E-state index in [4.69, 9.17) is 0 Å². The normalized spacial score (nSPS) is 20.2.